The quantitative estimate of drug-likeness (QED) is 0.293. The zero-order chi connectivity index (χ0) is 17.5. The van der Waals surface area contributed by atoms with Crippen LogP contribution in [0.2, 0.25) is 0 Å². The molecule has 3 N–H and O–H groups in total. The summed E-state index contributed by atoms with van der Waals surface area (Å²) < 4.78 is 5.52. The normalized spacial score (nSPS) is 16.4. The molecule has 1 aromatic rings. The Morgan fingerprint density at radius 3 is 2.38 bits per heavy atom. The molecule has 0 bridgehead atoms. The molecule has 6 nitrogen and oxygen atoms in total. The average Bonchev–Trinajstić information content (AvgIpc) is 3.51. The molecular formula is C19H29IN4O2. The van der Waals surface area contributed by atoms with Crippen LogP contribution < -0.4 is 20.7 Å². The molecule has 0 aliphatic heterocycles. The van der Waals surface area contributed by atoms with Gasteiger partial charge in [-0.15, -0.1) is 24.0 Å². The van der Waals surface area contributed by atoms with Gasteiger partial charge in [-0.3, -0.25) is 9.79 Å². The van der Waals surface area contributed by atoms with Crippen molar-refractivity contribution in [3.63, 3.8) is 0 Å². The van der Waals surface area contributed by atoms with Gasteiger partial charge in [-0.2, -0.15) is 0 Å². The first kappa shape index (κ1) is 20.8. The maximum Gasteiger partial charge on any atom is 0.258 e. The zero-order valence-electron chi connectivity index (χ0n) is 15.3. The fraction of sp³-hybridized carbons (Fsp3) is 0.579. The Bertz CT molecular complexity index is 598. The molecule has 0 atom stereocenters. The number of guanidine groups is 1. The van der Waals surface area contributed by atoms with E-state index in [2.05, 4.69) is 27.9 Å². The van der Waals surface area contributed by atoms with E-state index in [-0.39, 0.29) is 36.5 Å². The van der Waals surface area contributed by atoms with E-state index >= 15 is 0 Å². The minimum atomic E-state index is -0.0416. The fourth-order valence-corrected chi connectivity index (χ4v) is 2.44. The van der Waals surface area contributed by atoms with Gasteiger partial charge in [0.05, 0.1) is 0 Å². The lowest BCUT2D eigenvalue weighted by Crippen LogP contribution is -2.38. The van der Waals surface area contributed by atoms with E-state index in [4.69, 9.17) is 4.74 Å². The average molecular weight is 472 g/mol. The van der Waals surface area contributed by atoms with Crippen LogP contribution in [0.15, 0.2) is 29.3 Å². The number of halogens is 1. The predicted molar refractivity (Wildman–Crippen MR) is 114 cm³/mol. The summed E-state index contributed by atoms with van der Waals surface area (Å²) in [6, 6.07) is 8.87. The fourth-order valence-electron chi connectivity index (χ4n) is 2.44. The Kier molecular flexibility index (Phi) is 8.47. The Hall–Kier alpha value is -1.51. The molecule has 26 heavy (non-hydrogen) atoms. The molecule has 1 aromatic carbocycles. The summed E-state index contributed by atoms with van der Waals surface area (Å²) in [4.78, 5) is 16.2. The Balaban J connectivity index is 0.00000243. The molecule has 0 radical (unpaired) electrons. The molecule has 3 rings (SSSR count). The summed E-state index contributed by atoms with van der Waals surface area (Å²) in [5.74, 6) is 1.59. The molecule has 0 saturated heterocycles. The molecular weight excluding hydrogens is 443 g/mol. The molecule has 2 aliphatic rings. The number of aliphatic imine (C=N–C) groups is 1. The van der Waals surface area contributed by atoms with Crippen LogP contribution in [0.25, 0.3) is 0 Å². The second-order valence-electron chi connectivity index (χ2n) is 6.70. The summed E-state index contributed by atoms with van der Waals surface area (Å²) in [6.45, 7) is 3.78. The van der Waals surface area contributed by atoms with Crippen LogP contribution in [0, 0.1) is 0 Å². The van der Waals surface area contributed by atoms with Gasteiger partial charge >= 0.3 is 0 Å². The van der Waals surface area contributed by atoms with Crippen molar-refractivity contribution < 1.29 is 9.53 Å². The number of amides is 1. The molecule has 2 fully saturated rings. The molecule has 0 unspecified atom stereocenters. The van der Waals surface area contributed by atoms with Crippen molar-refractivity contribution in [1.82, 2.24) is 16.0 Å². The molecule has 0 spiro atoms. The lowest BCUT2D eigenvalue weighted by atomic mass is 10.1. The zero-order valence-corrected chi connectivity index (χ0v) is 17.6. The third-order valence-electron chi connectivity index (χ3n) is 4.17. The van der Waals surface area contributed by atoms with Crippen LogP contribution in [-0.4, -0.2) is 43.6 Å². The number of carbonyl (C=O) groups is 1. The number of hydrogen-bond donors (Lipinski definition) is 3. The minimum Gasteiger partial charge on any atom is -0.484 e. The van der Waals surface area contributed by atoms with Crippen molar-refractivity contribution in [2.24, 2.45) is 4.99 Å². The number of rotatable bonds is 9. The molecule has 0 aromatic heterocycles. The second kappa shape index (κ2) is 10.6. The van der Waals surface area contributed by atoms with Gasteiger partial charge in [0.2, 0.25) is 0 Å². The molecule has 7 heteroatoms. The molecule has 2 saturated carbocycles. The molecule has 1 amide bonds. The number of benzene rings is 1. The van der Waals surface area contributed by atoms with E-state index in [0.717, 1.165) is 44.1 Å². The topological polar surface area (TPSA) is 74.8 Å². The Morgan fingerprint density at radius 2 is 1.77 bits per heavy atom. The monoisotopic (exact) mass is 472 g/mol. The van der Waals surface area contributed by atoms with Crippen LogP contribution >= 0.6 is 24.0 Å². The highest BCUT2D eigenvalue weighted by Gasteiger charge is 2.23. The van der Waals surface area contributed by atoms with Gasteiger partial charge in [-0.1, -0.05) is 12.1 Å². The standard InChI is InChI=1S/C19H28N4O2.HI/c1-2-20-19(23-16-7-8-16)21-12-11-14-3-9-17(10-4-14)25-13-18(24)22-15-5-6-15;/h3-4,9-10,15-16H,2,5-8,11-13H2,1H3,(H,22,24)(H2,20,21,23);1H. The third kappa shape index (κ3) is 7.80. The number of nitrogens with one attached hydrogen (secondary N) is 3. The summed E-state index contributed by atoms with van der Waals surface area (Å²) in [7, 11) is 0. The minimum absolute atomic E-state index is 0. The largest absolute Gasteiger partial charge is 0.484 e. The first-order chi connectivity index (χ1) is 12.2. The van der Waals surface area contributed by atoms with Gasteiger partial charge in [0.25, 0.3) is 5.91 Å². The first-order valence-corrected chi connectivity index (χ1v) is 9.29. The summed E-state index contributed by atoms with van der Waals surface area (Å²) in [5.41, 5.74) is 1.21. The van der Waals surface area contributed by atoms with E-state index in [1.54, 1.807) is 0 Å². The van der Waals surface area contributed by atoms with Crippen LogP contribution in [0.3, 0.4) is 0 Å². The summed E-state index contributed by atoms with van der Waals surface area (Å²) >= 11 is 0. The molecule has 0 heterocycles. The number of carbonyl (C=O) groups excluding carboxylic acids is 1. The lowest BCUT2D eigenvalue weighted by Gasteiger charge is -2.10. The van der Waals surface area contributed by atoms with Crippen LogP contribution in [0.4, 0.5) is 0 Å². The SMILES string of the molecule is CCNC(=NCCc1ccc(OCC(=O)NC2CC2)cc1)NC1CC1.I. The Labute approximate surface area is 172 Å². The van der Waals surface area contributed by atoms with Gasteiger partial charge in [0.15, 0.2) is 12.6 Å². The summed E-state index contributed by atoms with van der Waals surface area (Å²) in [5, 5.41) is 9.60. The van der Waals surface area contributed by atoms with Gasteiger partial charge in [-0.05, 0) is 56.7 Å². The number of ether oxygens (including phenoxy) is 1. The van der Waals surface area contributed by atoms with Crippen molar-refractivity contribution in [2.75, 3.05) is 19.7 Å². The first-order valence-electron chi connectivity index (χ1n) is 9.29. The Morgan fingerprint density at radius 1 is 1.12 bits per heavy atom. The van der Waals surface area contributed by atoms with Crippen molar-refractivity contribution >= 4 is 35.8 Å². The van der Waals surface area contributed by atoms with Gasteiger partial charge < -0.3 is 20.7 Å². The molecule has 144 valence electrons. The van der Waals surface area contributed by atoms with Crippen molar-refractivity contribution in [3.8, 4) is 5.75 Å². The van der Waals surface area contributed by atoms with E-state index in [0.29, 0.717) is 12.1 Å². The van der Waals surface area contributed by atoms with Crippen LogP contribution in [0.1, 0.15) is 38.2 Å². The van der Waals surface area contributed by atoms with E-state index < -0.39 is 0 Å². The van der Waals surface area contributed by atoms with Crippen molar-refractivity contribution in [2.45, 2.75) is 51.1 Å². The van der Waals surface area contributed by atoms with Gasteiger partial charge in [-0.25, -0.2) is 0 Å². The number of hydrogen-bond acceptors (Lipinski definition) is 3. The van der Waals surface area contributed by atoms with E-state index in [9.17, 15) is 4.79 Å². The second-order valence-corrected chi connectivity index (χ2v) is 6.70. The van der Waals surface area contributed by atoms with Crippen molar-refractivity contribution in [3.05, 3.63) is 29.8 Å². The lowest BCUT2D eigenvalue weighted by molar-refractivity contribution is -0.123. The van der Waals surface area contributed by atoms with Crippen LogP contribution in [0.5, 0.6) is 5.75 Å². The third-order valence-corrected chi connectivity index (χ3v) is 4.17. The van der Waals surface area contributed by atoms with Crippen LogP contribution in [-0.2, 0) is 11.2 Å². The number of nitrogens with zero attached hydrogens (tertiary/aromatic N) is 1. The highest BCUT2D eigenvalue weighted by atomic mass is 127. The highest BCUT2D eigenvalue weighted by molar-refractivity contribution is 14.0. The summed E-state index contributed by atoms with van der Waals surface area (Å²) in [6.07, 6.45) is 5.54. The van der Waals surface area contributed by atoms with Gasteiger partial charge in [0, 0.05) is 25.2 Å². The molecule has 2 aliphatic carbocycles. The van der Waals surface area contributed by atoms with Crippen molar-refractivity contribution in [1.29, 1.82) is 0 Å². The van der Waals surface area contributed by atoms with E-state index in [1.807, 2.05) is 24.3 Å². The van der Waals surface area contributed by atoms with E-state index in [1.165, 1.54) is 18.4 Å². The maximum atomic E-state index is 11.6. The smallest absolute Gasteiger partial charge is 0.258 e. The van der Waals surface area contributed by atoms with Gasteiger partial charge in [0.1, 0.15) is 5.75 Å². The maximum absolute atomic E-state index is 11.6. The predicted octanol–water partition coefficient (Wildman–Crippen LogP) is 2.22. The highest BCUT2D eigenvalue weighted by Crippen LogP contribution is 2.19.